The van der Waals surface area contributed by atoms with Crippen LogP contribution >= 0.6 is 11.3 Å². The molecule has 1 N–H and O–H groups in total. The largest absolute Gasteiger partial charge is 0.496 e. The minimum absolute atomic E-state index is 0.124. The second-order valence-electron chi connectivity index (χ2n) is 4.64. The van der Waals surface area contributed by atoms with Crippen LogP contribution in [0.4, 0.5) is 5.13 Å². The first kappa shape index (κ1) is 14.5. The first-order chi connectivity index (χ1) is 9.60. The molecule has 1 amide bonds. The van der Waals surface area contributed by atoms with Crippen LogP contribution in [0.2, 0.25) is 0 Å². The normalized spacial score (nSPS) is 10.6. The molecule has 0 aliphatic heterocycles. The van der Waals surface area contributed by atoms with Crippen molar-refractivity contribution in [3.05, 3.63) is 34.8 Å². The van der Waals surface area contributed by atoms with Gasteiger partial charge in [-0.2, -0.15) is 0 Å². The zero-order chi connectivity index (χ0) is 14.5. The Balaban J connectivity index is 2.01. The van der Waals surface area contributed by atoms with Gasteiger partial charge in [0.15, 0.2) is 0 Å². The fraction of sp³-hybridized carbons (Fsp3) is 0.357. The molecule has 6 heteroatoms. The third-order valence-corrected chi connectivity index (χ3v) is 3.86. The van der Waals surface area contributed by atoms with E-state index < -0.39 is 0 Å². The maximum absolute atomic E-state index is 12.0. The molecule has 2 aromatic rings. The van der Waals surface area contributed by atoms with Crippen LogP contribution in [0.1, 0.15) is 30.3 Å². The Hall–Kier alpha value is -1.95. The number of nitrogens with zero attached hydrogens (tertiary/aromatic N) is 2. The highest BCUT2D eigenvalue weighted by atomic mass is 32.1. The molecule has 1 heterocycles. The molecule has 1 aromatic heterocycles. The van der Waals surface area contributed by atoms with Crippen LogP contribution in [0.5, 0.6) is 5.75 Å². The molecule has 2 rings (SSSR count). The number of amides is 1. The Morgan fingerprint density at radius 3 is 2.75 bits per heavy atom. The van der Waals surface area contributed by atoms with Gasteiger partial charge < -0.3 is 10.1 Å². The SMILES string of the molecule is COc1ccccc1CC(=O)Nc1nnc(C(C)C)s1. The summed E-state index contributed by atoms with van der Waals surface area (Å²) in [6.45, 7) is 4.09. The van der Waals surface area contributed by atoms with Crippen LogP contribution in [-0.2, 0) is 11.2 Å². The predicted octanol–water partition coefficient (Wildman–Crippen LogP) is 2.85. The number of nitrogens with one attached hydrogen (secondary N) is 1. The fourth-order valence-corrected chi connectivity index (χ4v) is 2.47. The van der Waals surface area contributed by atoms with E-state index in [0.29, 0.717) is 16.8 Å². The van der Waals surface area contributed by atoms with E-state index in [4.69, 9.17) is 4.74 Å². The number of rotatable bonds is 5. The molecular weight excluding hydrogens is 274 g/mol. The molecule has 0 unspecified atom stereocenters. The lowest BCUT2D eigenvalue weighted by atomic mass is 10.1. The van der Waals surface area contributed by atoms with Gasteiger partial charge in [0, 0.05) is 11.5 Å². The molecule has 0 bridgehead atoms. The summed E-state index contributed by atoms with van der Waals surface area (Å²) < 4.78 is 5.23. The number of aromatic nitrogens is 2. The maximum Gasteiger partial charge on any atom is 0.230 e. The predicted molar refractivity (Wildman–Crippen MR) is 79.3 cm³/mol. The number of carbonyl (C=O) groups excluding carboxylic acids is 1. The van der Waals surface area contributed by atoms with Gasteiger partial charge in [0.2, 0.25) is 11.0 Å². The molecule has 0 aliphatic carbocycles. The van der Waals surface area contributed by atoms with E-state index in [1.165, 1.54) is 11.3 Å². The number of methoxy groups -OCH3 is 1. The molecule has 1 aromatic carbocycles. The number of anilines is 1. The van der Waals surface area contributed by atoms with Crippen molar-refractivity contribution in [3.63, 3.8) is 0 Å². The number of ether oxygens (including phenoxy) is 1. The summed E-state index contributed by atoms with van der Waals surface area (Å²) in [6.07, 6.45) is 0.251. The van der Waals surface area contributed by atoms with Crippen LogP contribution in [-0.4, -0.2) is 23.2 Å². The van der Waals surface area contributed by atoms with E-state index in [1.54, 1.807) is 7.11 Å². The summed E-state index contributed by atoms with van der Waals surface area (Å²) >= 11 is 1.40. The molecule has 0 radical (unpaired) electrons. The number of hydrogen-bond acceptors (Lipinski definition) is 5. The zero-order valence-corrected chi connectivity index (χ0v) is 12.5. The molecular formula is C14H17N3O2S. The van der Waals surface area contributed by atoms with Crippen molar-refractivity contribution in [2.45, 2.75) is 26.2 Å². The van der Waals surface area contributed by atoms with Crippen LogP contribution in [0.3, 0.4) is 0 Å². The van der Waals surface area contributed by atoms with Crippen LogP contribution in [0.15, 0.2) is 24.3 Å². The molecule has 0 saturated carbocycles. The highest BCUT2D eigenvalue weighted by molar-refractivity contribution is 7.15. The van der Waals surface area contributed by atoms with Crippen LogP contribution in [0, 0.1) is 0 Å². The quantitative estimate of drug-likeness (QED) is 0.920. The number of hydrogen-bond donors (Lipinski definition) is 1. The number of benzene rings is 1. The lowest BCUT2D eigenvalue weighted by Crippen LogP contribution is -2.14. The van der Waals surface area contributed by atoms with E-state index in [1.807, 2.05) is 38.1 Å². The molecule has 0 saturated heterocycles. The molecule has 0 aliphatic rings. The monoisotopic (exact) mass is 291 g/mol. The van der Waals surface area contributed by atoms with Gasteiger partial charge in [0.25, 0.3) is 0 Å². The summed E-state index contributed by atoms with van der Waals surface area (Å²) in [6, 6.07) is 7.47. The van der Waals surface area contributed by atoms with Crippen molar-refractivity contribution in [1.29, 1.82) is 0 Å². The molecule has 20 heavy (non-hydrogen) atoms. The van der Waals surface area contributed by atoms with Gasteiger partial charge in [-0.05, 0) is 6.07 Å². The summed E-state index contributed by atoms with van der Waals surface area (Å²) in [4.78, 5) is 12.0. The van der Waals surface area contributed by atoms with Crippen molar-refractivity contribution in [2.75, 3.05) is 12.4 Å². The van der Waals surface area contributed by atoms with Gasteiger partial charge in [-0.25, -0.2) is 0 Å². The molecule has 0 spiro atoms. The van der Waals surface area contributed by atoms with Crippen molar-refractivity contribution in [3.8, 4) is 5.75 Å². The topological polar surface area (TPSA) is 64.1 Å². The Morgan fingerprint density at radius 2 is 2.10 bits per heavy atom. The summed E-state index contributed by atoms with van der Waals surface area (Å²) in [7, 11) is 1.59. The average Bonchev–Trinajstić information content (AvgIpc) is 2.88. The van der Waals surface area contributed by atoms with Crippen molar-refractivity contribution < 1.29 is 9.53 Å². The molecule has 5 nitrogen and oxygen atoms in total. The van der Waals surface area contributed by atoms with Gasteiger partial charge in [0.05, 0.1) is 13.5 Å². The Kier molecular flexibility index (Phi) is 4.68. The maximum atomic E-state index is 12.0. The minimum Gasteiger partial charge on any atom is -0.496 e. The first-order valence-electron chi connectivity index (χ1n) is 6.35. The smallest absolute Gasteiger partial charge is 0.230 e. The summed E-state index contributed by atoms with van der Waals surface area (Å²) in [5.74, 6) is 0.899. The number of carbonyl (C=O) groups is 1. The zero-order valence-electron chi connectivity index (χ0n) is 11.7. The van der Waals surface area contributed by atoms with Crippen LogP contribution < -0.4 is 10.1 Å². The van der Waals surface area contributed by atoms with E-state index >= 15 is 0 Å². The van der Waals surface area contributed by atoms with Gasteiger partial charge in [-0.15, -0.1) is 10.2 Å². The van der Waals surface area contributed by atoms with Crippen molar-refractivity contribution in [1.82, 2.24) is 10.2 Å². The molecule has 0 atom stereocenters. The Bertz CT molecular complexity index is 596. The minimum atomic E-state index is -0.124. The summed E-state index contributed by atoms with van der Waals surface area (Å²) in [5.41, 5.74) is 0.848. The Labute approximate surface area is 122 Å². The average molecular weight is 291 g/mol. The van der Waals surface area contributed by atoms with Gasteiger partial charge in [-0.3, -0.25) is 4.79 Å². The van der Waals surface area contributed by atoms with Gasteiger partial charge >= 0.3 is 0 Å². The summed E-state index contributed by atoms with van der Waals surface area (Å²) in [5, 5.41) is 12.2. The van der Waals surface area contributed by atoms with E-state index in [9.17, 15) is 4.79 Å². The lowest BCUT2D eigenvalue weighted by Gasteiger charge is -2.07. The molecule has 106 valence electrons. The van der Waals surface area contributed by atoms with E-state index in [-0.39, 0.29) is 12.3 Å². The van der Waals surface area contributed by atoms with E-state index in [0.717, 1.165) is 10.6 Å². The number of para-hydroxylation sites is 1. The first-order valence-corrected chi connectivity index (χ1v) is 7.17. The highest BCUT2D eigenvalue weighted by Crippen LogP contribution is 2.23. The van der Waals surface area contributed by atoms with E-state index in [2.05, 4.69) is 15.5 Å². The fourth-order valence-electron chi connectivity index (χ4n) is 1.70. The standard InChI is InChI=1S/C14H17N3O2S/c1-9(2)13-16-17-14(20-13)15-12(18)8-10-6-4-5-7-11(10)19-3/h4-7,9H,8H2,1-3H3,(H,15,17,18). The third-order valence-electron chi connectivity index (χ3n) is 2.72. The third kappa shape index (κ3) is 3.54. The Morgan fingerprint density at radius 1 is 1.35 bits per heavy atom. The highest BCUT2D eigenvalue weighted by Gasteiger charge is 2.12. The lowest BCUT2D eigenvalue weighted by molar-refractivity contribution is -0.115. The second-order valence-corrected chi connectivity index (χ2v) is 5.65. The van der Waals surface area contributed by atoms with Gasteiger partial charge in [0.1, 0.15) is 10.8 Å². The van der Waals surface area contributed by atoms with Crippen molar-refractivity contribution >= 4 is 22.4 Å². The second kappa shape index (κ2) is 6.47. The van der Waals surface area contributed by atoms with Crippen molar-refractivity contribution in [2.24, 2.45) is 0 Å². The van der Waals surface area contributed by atoms with Crippen LogP contribution in [0.25, 0.3) is 0 Å². The van der Waals surface area contributed by atoms with Gasteiger partial charge in [-0.1, -0.05) is 43.4 Å². The molecule has 0 fully saturated rings.